The second-order valence-electron chi connectivity index (χ2n) is 5.89. The Morgan fingerprint density at radius 1 is 1.33 bits per heavy atom. The molecule has 0 atom stereocenters. The molecule has 2 aromatic rings. The Balaban J connectivity index is 1.97. The van der Waals surface area contributed by atoms with Crippen LogP contribution in [0.1, 0.15) is 28.8 Å². The van der Waals surface area contributed by atoms with Crippen LogP contribution in [-0.2, 0) is 13.2 Å². The number of rotatable bonds is 4. The number of benzene rings is 1. The van der Waals surface area contributed by atoms with Gasteiger partial charge in [-0.05, 0) is 35.4 Å². The Morgan fingerprint density at radius 3 is 2.63 bits per heavy atom. The Kier molecular flexibility index (Phi) is 5.31. The van der Waals surface area contributed by atoms with Crippen molar-refractivity contribution in [3.8, 4) is 0 Å². The van der Waals surface area contributed by atoms with E-state index in [4.69, 9.17) is 11.6 Å². The standard InChI is InChI=1S/C15H15ClF3N7O/c1-25-14(22-23-24-25)21-13(27)9-4-5-10(15(17,18)19)12(11(9)16)20-8-26-6-2-3-7-26/h4-5,8H,2-3,6-7H2,1H3,(H,21,22,24,27). The fourth-order valence-corrected chi connectivity index (χ4v) is 2.89. The van der Waals surface area contributed by atoms with Gasteiger partial charge in [-0.2, -0.15) is 13.2 Å². The van der Waals surface area contributed by atoms with E-state index >= 15 is 0 Å². The van der Waals surface area contributed by atoms with Gasteiger partial charge in [0, 0.05) is 20.1 Å². The number of carbonyl (C=O) groups is 1. The van der Waals surface area contributed by atoms with Crippen molar-refractivity contribution in [3.05, 3.63) is 28.3 Å². The van der Waals surface area contributed by atoms with Gasteiger partial charge < -0.3 is 4.90 Å². The smallest absolute Gasteiger partial charge is 0.363 e. The van der Waals surface area contributed by atoms with Crippen LogP contribution in [0.25, 0.3) is 0 Å². The number of nitrogens with one attached hydrogen (secondary N) is 1. The monoisotopic (exact) mass is 401 g/mol. The minimum absolute atomic E-state index is 0.0260. The largest absolute Gasteiger partial charge is 0.418 e. The molecule has 1 fully saturated rings. The first kappa shape index (κ1) is 19.1. The number of carbonyl (C=O) groups excluding carboxylic acids is 1. The van der Waals surface area contributed by atoms with E-state index in [-0.39, 0.29) is 11.5 Å². The fraction of sp³-hybridized carbons (Fsp3) is 0.400. The number of anilines is 1. The summed E-state index contributed by atoms with van der Waals surface area (Å²) in [6.45, 7) is 1.42. The minimum Gasteiger partial charge on any atom is -0.363 e. The summed E-state index contributed by atoms with van der Waals surface area (Å²) in [6, 6.07) is 1.78. The van der Waals surface area contributed by atoms with E-state index in [0.717, 1.165) is 25.0 Å². The average Bonchev–Trinajstić information content (AvgIpc) is 3.25. The molecule has 1 aromatic heterocycles. The lowest BCUT2D eigenvalue weighted by atomic mass is 10.1. The van der Waals surface area contributed by atoms with E-state index in [9.17, 15) is 18.0 Å². The summed E-state index contributed by atoms with van der Waals surface area (Å²) in [7, 11) is 1.50. The molecular weight excluding hydrogens is 387 g/mol. The summed E-state index contributed by atoms with van der Waals surface area (Å²) >= 11 is 6.13. The van der Waals surface area contributed by atoms with Crippen molar-refractivity contribution in [1.82, 2.24) is 25.1 Å². The maximum atomic E-state index is 13.3. The molecule has 1 aliphatic heterocycles. The Morgan fingerprint density at radius 2 is 2.04 bits per heavy atom. The molecule has 8 nitrogen and oxygen atoms in total. The van der Waals surface area contributed by atoms with Crippen molar-refractivity contribution >= 4 is 35.5 Å². The first-order valence-electron chi connectivity index (χ1n) is 7.99. The first-order chi connectivity index (χ1) is 12.8. The molecule has 1 aromatic carbocycles. The van der Waals surface area contributed by atoms with Crippen molar-refractivity contribution < 1.29 is 18.0 Å². The number of aryl methyl sites for hydroxylation is 1. The van der Waals surface area contributed by atoms with Gasteiger partial charge >= 0.3 is 6.18 Å². The summed E-state index contributed by atoms with van der Waals surface area (Å²) in [4.78, 5) is 18.1. The number of hydrogen-bond acceptors (Lipinski definition) is 5. The van der Waals surface area contributed by atoms with Crippen molar-refractivity contribution in [2.24, 2.45) is 12.0 Å². The van der Waals surface area contributed by atoms with Gasteiger partial charge in [0.05, 0.1) is 28.2 Å². The van der Waals surface area contributed by atoms with Crippen LogP contribution < -0.4 is 5.32 Å². The zero-order valence-corrected chi connectivity index (χ0v) is 14.9. The summed E-state index contributed by atoms with van der Waals surface area (Å²) in [5.74, 6) is -0.720. The highest BCUT2D eigenvalue weighted by Crippen LogP contribution is 2.42. The van der Waals surface area contributed by atoms with Crippen LogP contribution in [0.15, 0.2) is 17.1 Å². The van der Waals surface area contributed by atoms with Crippen molar-refractivity contribution in [2.75, 3.05) is 18.4 Å². The van der Waals surface area contributed by atoms with E-state index in [1.807, 2.05) is 0 Å². The van der Waals surface area contributed by atoms with Crippen molar-refractivity contribution in [2.45, 2.75) is 19.0 Å². The molecular formula is C15H15ClF3N7O. The van der Waals surface area contributed by atoms with Crippen LogP contribution in [0.5, 0.6) is 0 Å². The van der Waals surface area contributed by atoms with Crippen LogP contribution in [0.3, 0.4) is 0 Å². The zero-order valence-electron chi connectivity index (χ0n) is 14.2. The third-order valence-corrected chi connectivity index (χ3v) is 4.39. The van der Waals surface area contributed by atoms with Gasteiger partial charge in [-0.1, -0.05) is 16.7 Å². The summed E-state index contributed by atoms with van der Waals surface area (Å²) in [5, 5.41) is 12.5. The molecule has 0 radical (unpaired) electrons. The number of aromatic nitrogens is 4. The van der Waals surface area contributed by atoms with Gasteiger partial charge in [0.15, 0.2) is 0 Å². The number of amides is 1. The predicted molar refractivity (Wildman–Crippen MR) is 92.2 cm³/mol. The molecule has 0 unspecified atom stereocenters. The van der Waals surface area contributed by atoms with E-state index in [1.165, 1.54) is 18.1 Å². The second kappa shape index (κ2) is 7.51. The topological polar surface area (TPSA) is 88.3 Å². The maximum absolute atomic E-state index is 13.3. The Labute approximate surface area is 157 Å². The van der Waals surface area contributed by atoms with Gasteiger partial charge in [-0.25, -0.2) is 9.67 Å². The van der Waals surface area contributed by atoms with E-state index < -0.39 is 28.4 Å². The molecule has 0 saturated carbocycles. The van der Waals surface area contributed by atoms with Crippen LogP contribution in [0, 0.1) is 0 Å². The zero-order chi connectivity index (χ0) is 19.6. The molecule has 0 aliphatic carbocycles. The average molecular weight is 402 g/mol. The number of nitrogens with zero attached hydrogens (tertiary/aromatic N) is 6. The number of hydrogen-bond donors (Lipinski definition) is 1. The molecule has 2 heterocycles. The molecule has 1 amide bonds. The molecule has 1 N–H and O–H groups in total. The lowest BCUT2D eigenvalue weighted by molar-refractivity contribution is -0.137. The second-order valence-corrected chi connectivity index (χ2v) is 6.27. The normalized spacial score (nSPS) is 14.9. The van der Waals surface area contributed by atoms with E-state index in [2.05, 4.69) is 25.8 Å². The molecule has 3 rings (SSSR count). The highest BCUT2D eigenvalue weighted by Gasteiger charge is 2.35. The lowest BCUT2D eigenvalue weighted by Crippen LogP contribution is -2.18. The number of halogens is 4. The van der Waals surface area contributed by atoms with Crippen LogP contribution in [0.4, 0.5) is 24.8 Å². The van der Waals surface area contributed by atoms with Gasteiger partial charge in [0.1, 0.15) is 0 Å². The summed E-state index contributed by atoms with van der Waals surface area (Å²) < 4.78 is 41.2. The predicted octanol–water partition coefficient (Wildman–Crippen LogP) is 2.89. The quantitative estimate of drug-likeness (QED) is 0.628. The maximum Gasteiger partial charge on any atom is 0.418 e. The van der Waals surface area contributed by atoms with E-state index in [1.54, 1.807) is 4.90 Å². The number of likely N-dealkylation sites (tertiary alicyclic amines) is 1. The van der Waals surface area contributed by atoms with Crippen LogP contribution in [-0.4, -0.2) is 50.4 Å². The van der Waals surface area contributed by atoms with Gasteiger partial charge in [-0.3, -0.25) is 10.1 Å². The third kappa shape index (κ3) is 4.18. The molecule has 1 aliphatic rings. The summed E-state index contributed by atoms with van der Waals surface area (Å²) in [5.41, 5.74) is -1.68. The Hall–Kier alpha value is -2.69. The summed E-state index contributed by atoms with van der Waals surface area (Å²) in [6.07, 6.45) is -1.44. The molecule has 12 heteroatoms. The van der Waals surface area contributed by atoms with Crippen LogP contribution >= 0.6 is 11.6 Å². The number of alkyl halides is 3. The Bertz CT molecular complexity index is 875. The van der Waals surface area contributed by atoms with Crippen molar-refractivity contribution in [1.29, 1.82) is 0 Å². The van der Waals surface area contributed by atoms with Gasteiger partial charge in [-0.15, -0.1) is 0 Å². The highest BCUT2D eigenvalue weighted by atomic mass is 35.5. The molecule has 0 bridgehead atoms. The molecule has 0 spiro atoms. The first-order valence-corrected chi connectivity index (χ1v) is 8.37. The molecule has 27 heavy (non-hydrogen) atoms. The van der Waals surface area contributed by atoms with Crippen LogP contribution in [0.2, 0.25) is 5.02 Å². The minimum atomic E-state index is -4.66. The van der Waals surface area contributed by atoms with Gasteiger partial charge in [0.25, 0.3) is 5.91 Å². The van der Waals surface area contributed by atoms with Crippen molar-refractivity contribution in [3.63, 3.8) is 0 Å². The molecule has 144 valence electrons. The van der Waals surface area contributed by atoms with Gasteiger partial charge in [0.2, 0.25) is 5.95 Å². The lowest BCUT2D eigenvalue weighted by Gasteiger charge is -2.15. The third-order valence-electron chi connectivity index (χ3n) is 4.00. The molecule has 1 saturated heterocycles. The highest BCUT2D eigenvalue weighted by molar-refractivity contribution is 6.37. The SMILES string of the molecule is Cn1nnnc1NC(=O)c1ccc(C(F)(F)F)c(N=CN2CCCC2)c1Cl. The number of aliphatic imine (C=N–C) groups is 1. The number of tetrazole rings is 1. The fourth-order valence-electron chi connectivity index (χ4n) is 2.60. The van der Waals surface area contributed by atoms with E-state index in [0.29, 0.717) is 13.1 Å².